The lowest BCUT2D eigenvalue weighted by Crippen LogP contribution is -2.24. The second-order valence-corrected chi connectivity index (χ2v) is 6.20. The summed E-state index contributed by atoms with van der Waals surface area (Å²) >= 11 is 0. The van der Waals surface area contributed by atoms with E-state index in [0.29, 0.717) is 34.9 Å². The van der Waals surface area contributed by atoms with Crippen LogP contribution in [0.15, 0.2) is 36.4 Å². The number of halogens is 1. The molecule has 0 radical (unpaired) electrons. The number of aryl methyl sites for hydroxylation is 1. The van der Waals surface area contributed by atoms with Gasteiger partial charge >= 0.3 is 0 Å². The first-order valence-electron chi connectivity index (χ1n) is 8.48. The Hall–Kier alpha value is -2.93. The van der Waals surface area contributed by atoms with Crippen molar-refractivity contribution in [1.29, 1.82) is 0 Å². The molecule has 2 amide bonds. The topological polar surface area (TPSA) is 93.9 Å². The first-order valence-corrected chi connectivity index (χ1v) is 8.48. The highest BCUT2D eigenvalue weighted by molar-refractivity contribution is 6.04. The number of rotatable bonds is 7. The molecule has 2 aromatic rings. The molecule has 7 nitrogen and oxygen atoms in total. The molecule has 8 heteroatoms. The Morgan fingerprint density at radius 2 is 1.68 bits per heavy atom. The molecule has 2 aromatic carbocycles. The van der Waals surface area contributed by atoms with Crippen LogP contribution in [-0.2, 0) is 11.2 Å². The van der Waals surface area contributed by atoms with E-state index in [1.165, 1.54) is 19.1 Å². The number of nitrogens with zero attached hydrogens (tertiary/aromatic N) is 1. The van der Waals surface area contributed by atoms with Gasteiger partial charge in [-0.25, -0.2) is 0 Å². The number of hydrogen-bond acceptors (Lipinski definition) is 5. The Bertz CT molecular complexity index is 840. The van der Waals surface area contributed by atoms with E-state index in [-0.39, 0.29) is 30.6 Å². The fraction of sp³-hybridized carbons (Fsp3) is 0.300. The summed E-state index contributed by atoms with van der Waals surface area (Å²) in [7, 11) is 6.27. The third-order valence-corrected chi connectivity index (χ3v) is 4.11. The average molecular weight is 408 g/mol. The van der Waals surface area contributed by atoms with Crippen LogP contribution in [0.1, 0.15) is 22.3 Å². The predicted octanol–water partition coefficient (Wildman–Crippen LogP) is 2.98. The lowest BCUT2D eigenvalue weighted by molar-refractivity contribution is -0.116. The molecule has 0 unspecified atom stereocenters. The first-order chi connectivity index (χ1) is 12.9. The molecule has 0 saturated carbocycles. The number of ether oxygens (including phenoxy) is 2. The summed E-state index contributed by atoms with van der Waals surface area (Å²) in [6.07, 6.45) is 0.737. The van der Waals surface area contributed by atoms with Crippen molar-refractivity contribution in [2.24, 2.45) is 0 Å². The van der Waals surface area contributed by atoms with Crippen molar-refractivity contribution < 1.29 is 19.1 Å². The molecular weight excluding hydrogens is 382 g/mol. The number of anilines is 2. The summed E-state index contributed by atoms with van der Waals surface area (Å²) in [5.41, 5.74) is 8.17. The van der Waals surface area contributed by atoms with Crippen molar-refractivity contribution >= 4 is 35.6 Å². The summed E-state index contributed by atoms with van der Waals surface area (Å²) in [5.74, 6) is 0.366. The van der Waals surface area contributed by atoms with Crippen LogP contribution in [0.2, 0.25) is 0 Å². The zero-order valence-corrected chi connectivity index (χ0v) is 17.3. The van der Waals surface area contributed by atoms with Gasteiger partial charge in [0, 0.05) is 32.3 Å². The summed E-state index contributed by atoms with van der Waals surface area (Å²) in [5, 5.41) is 2.80. The Morgan fingerprint density at radius 1 is 1.07 bits per heavy atom. The van der Waals surface area contributed by atoms with Gasteiger partial charge in [-0.1, -0.05) is 18.2 Å². The minimum atomic E-state index is -0.251. The van der Waals surface area contributed by atoms with E-state index in [1.807, 2.05) is 18.2 Å². The molecule has 0 aromatic heterocycles. The second-order valence-electron chi connectivity index (χ2n) is 6.20. The van der Waals surface area contributed by atoms with Gasteiger partial charge in [0.2, 0.25) is 5.91 Å². The lowest BCUT2D eigenvalue weighted by Gasteiger charge is -2.18. The van der Waals surface area contributed by atoms with Gasteiger partial charge in [-0.2, -0.15) is 0 Å². The maximum Gasteiger partial charge on any atom is 0.255 e. The fourth-order valence-electron chi connectivity index (χ4n) is 2.62. The van der Waals surface area contributed by atoms with Gasteiger partial charge in [-0.3, -0.25) is 9.59 Å². The third-order valence-electron chi connectivity index (χ3n) is 4.11. The molecule has 0 spiro atoms. The van der Waals surface area contributed by atoms with Crippen LogP contribution in [-0.4, -0.2) is 45.0 Å². The van der Waals surface area contributed by atoms with Crippen LogP contribution >= 0.6 is 12.4 Å². The lowest BCUT2D eigenvalue weighted by atomic mass is 10.1. The number of carbonyl (C=O) groups excluding carboxylic acids is 2. The van der Waals surface area contributed by atoms with Crippen LogP contribution in [0.3, 0.4) is 0 Å². The maximum atomic E-state index is 12.5. The normalized spacial score (nSPS) is 9.86. The number of benzene rings is 2. The van der Waals surface area contributed by atoms with Crippen molar-refractivity contribution in [3.05, 3.63) is 47.5 Å². The van der Waals surface area contributed by atoms with E-state index in [0.717, 1.165) is 5.56 Å². The zero-order valence-electron chi connectivity index (χ0n) is 16.4. The smallest absolute Gasteiger partial charge is 0.255 e. The van der Waals surface area contributed by atoms with Crippen LogP contribution in [0.4, 0.5) is 11.4 Å². The summed E-state index contributed by atoms with van der Waals surface area (Å²) < 4.78 is 10.5. The molecule has 0 heterocycles. The average Bonchev–Trinajstić information content (AvgIpc) is 2.66. The highest BCUT2D eigenvalue weighted by Gasteiger charge is 2.20. The van der Waals surface area contributed by atoms with Crippen molar-refractivity contribution in [1.82, 2.24) is 4.90 Å². The summed E-state index contributed by atoms with van der Waals surface area (Å²) in [4.78, 5) is 26.4. The molecule has 0 aliphatic carbocycles. The van der Waals surface area contributed by atoms with E-state index in [9.17, 15) is 9.59 Å². The van der Waals surface area contributed by atoms with Crippen LogP contribution < -0.4 is 20.5 Å². The number of carbonyl (C=O) groups is 2. The van der Waals surface area contributed by atoms with Crippen molar-refractivity contribution in [3.63, 3.8) is 0 Å². The zero-order chi connectivity index (χ0) is 20.0. The largest absolute Gasteiger partial charge is 0.493 e. The maximum absolute atomic E-state index is 12.5. The Labute approximate surface area is 171 Å². The van der Waals surface area contributed by atoms with Crippen molar-refractivity contribution in [2.75, 3.05) is 39.4 Å². The number of amides is 2. The van der Waals surface area contributed by atoms with E-state index >= 15 is 0 Å². The van der Waals surface area contributed by atoms with Gasteiger partial charge < -0.3 is 25.4 Å². The molecule has 3 N–H and O–H groups in total. The summed E-state index contributed by atoms with van der Waals surface area (Å²) in [6.45, 7) is 0. The van der Waals surface area contributed by atoms with Gasteiger partial charge in [0.1, 0.15) is 0 Å². The Kier molecular flexibility index (Phi) is 8.60. The highest BCUT2D eigenvalue weighted by atomic mass is 35.5. The fourth-order valence-corrected chi connectivity index (χ4v) is 2.62. The van der Waals surface area contributed by atoms with E-state index in [2.05, 4.69) is 5.32 Å². The molecule has 0 saturated heterocycles. The van der Waals surface area contributed by atoms with Crippen molar-refractivity contribution in [2.45, 2.75) is 12.8 Å². The number of para-hydroxylation sites is 1. The van der Waals surface area contributed by atoms with Gasteiger partial charge in [-0.15, -0.1) is 12.4 Å². The molecule has 0 aliphatic rings. The Morgan fingerprint density at radius 3 is 2.25 bits per heavy atom. The third kappa shape index (κ3) is 5.53. The molecule has 0 bridgehead atoms. The van der Waals surface area contributed by atoms with Gasteiger partial charge in [0.25, 0.3) is 5.91 Å². The Balaban J connectivity index is 0.00000392. The van der Waals surface area contributed by atoms with Crippen LogP contribution in [0, 0.1) is 0 Å². The van der Waals surface area contributed by atoms with Crippen LogP contribution in [0.5, 0.6) is 11.5 Å². The number of hydrogen-bond donors (Lipinski definition) is 2. The number of nitrogen functional groups attached to an aromatic ring is 1. The SMILES string of the molecule is COc1cc(NC(=O)CCc2ccccc2N)c(C(=O)N(C)C)cc1OC.Cl. The van der Waals surface area contributed by atoms with Crippen molar-refractivity contribution in [3.8, 4) is 11.5 Å². The molecule has 0 atom stereocenters. The highest BCUT2D eigenvalue weighted by Crippen LogP contribution is 2.34. The number of nitrogens with two attached hydrogens (primary N) is 1. The summed E-state index contributed by atoms with van der Waals surface area (Å²) in [6, 6.07) is 10.6. The van der Waals surface area contributed by atoms with E-state index in [1.54, 1.807) is 32.3 Å². The first kappa shape index (κ1) is 23.1. The van der Waals surface area contributed by atoms with E-state index < -0.39 is 0 Å². The second kappa shape index (κ2) is 10.4. The van der Waals surface area contributed by atoms with Gasteiger partial charge in [-0.05, 0) is 24.1 Å². The standard InChI is InChI=1S/C20H25N3O4.ClH/c1-23(2)20(25)14-11-17(26-3)18(27-4)12-16(14)22-19(24)10-9-13-7-5-6-8-15(13)21;/h5-8,11-12H,9-10,21H2,1-4H3,(H,22,24);1H. The predicted molar refractivity (Wildman–Crippen MR) is 113 cm³/mol. The molecule has 152 valence electrons. The molecule has 0 aliphatic heterocycles. The molecular formula is C20H26ClN3O4. The minimum Gasteiger partial charge on any atom is -0.493 e. The van der Waals surface area contributed by atoms with Crippen LogP contribution in [0.25, 0.3) is 0 Å². The molecule has 0 fully saturated rings. The van der Waals surface area contributed by atoms with Gasteiger partial charge in [0.15, 0.2) is 11.5 Å². The number of nitrogens with one attached hydrogen (secondary N) is 1. The monoisotopic (exact) mass is 407 g/mol. The minimum absolute atomic E-state index is 0. The number of methoxy groups -OCH3 is 2. The van der Waals surface area contributed by atoms with E-state index in [4.69, 9.17) is 15.2 Å². The quantitative estimate of drug-likeness (QED) is 0.688. The van der Waals surface area contributed by atoms with Gasteiger partial charge in [0.05, 0.1) is 25.5 Å². The molecule has 2 rings (SSSR count). The molecule has 28 heavy (non-hydrogen) atoms.